The van der Waals surface area contributed by atoms with Crippen molar-refractivity contribution >= 4 is 5.69 Å². The summed E-state index contributed by atoms with van der Waals surface area (Å²) in [4.78, 5) is 2.28. The van der Waals surface area contributed by atoms with Gasteiger partial charge in [0.05, 0.1) is 13.7 Å². The van der Waals surface area contributed by atoms with Crippen molar-refractivity contribution in [2.45, 2.75) is 13.3 Å². The van der Waals surface area contributed by atoms with E-state index in [9.17, 15) is 0 Å². The van der Waals surface area contributed by atoms with Crippen LogP contribution in [-0.4, -0.2) is 26.8 Å². The largest absolute Gasteiger partial charge is 0.497 e. The summed E-state index contributed by atoms with van der Waals surface area (Å²) in [7, 11) is 1.69. The van der Waals surface area contributed by atoms with Crippen LogP contribution >= 0.6 is 0 Å². The van der Waals surface area contributed by atoms with Crippen molar-refractivity contribution in [1.29, 1.82) is 0 Å². The van der Waals surface area contributed by atoms with E-state index in [-0.39, 0.29) is 0 Å². The van der Waals surface area contributed by atoms with Gasteiger partial charge < -0.3 is 14.4 Å². The van der Waals surface area contributed by atoms with Crippen LogP contribution in [0.2, 0.25) is 0 Å². The van der Waals surface area contributed by atoms with Gasteiger partial charge in [0.2, 0.25) is 0 Å². The molecule has 0 aromatic heterocycles. The summed E-state index contributed by atoms with van der Waals surface area (Å²) in [5, 5.41) is 0. The Hall–Kier alpha value is -2.94. The zero-order chi connectivity index (χ0) is 18.9. The van der Waals surface area contributed by atoms with Crippen LogP contribution in [0.4, 0.5) is 5.69 Å². The lowest BCUT2D eigenvalue weighted by Gasteiger charge is -2.23. The SMILES string of the molecule is CCN(CCOc1ccc(Cc2ccccc2)cc1)c1cccc(OC)c1. The number of nitrogens with zero attached hydrogens (tertiary/aromatic N) is 1. The molecule has 0 spiro atoms. The van der Waals surface area contributed by atoms with Crippen molar-refractivity contribution in [3.05, 3.63) is 90.0 Å². The predicted molar refractivity (Wildman–Crippen MR) is 112 cm³/mol. The number of anilines is 1. The third-order valence-electron chi connectivity index (χ3n) is 4.60. The lowest BCUT2D eigenvalue weighted by molar-refractivity contribution is 0.324. The Labute approximate surface area is 162 Å². The molecule has 0 unspecified atom stereocenters. The molecular formula is C24H27NO2. The Morgan fingerprint density at radius 3 is 2.22 bits per heavy atom. The summed E-state index contributed by atoms with van der Waals surface area (Å²) in [6.45, 7) is 4.54. The first-order valence-corrected chi connectivity index (χ1v) is 9.43. The molecule has 3 heteroatoms. The number of hydrogen-bond donors (Lipinski definition) is 0. The summed E-state index contributed by atoms with van der Waals surface area (Å²) in [6, 6.07) is 27.0. The van der Waals surface area contributed by atoms with Gasteiger partial charge >= 0.3 is 0 Å². The predicted octanol–water partition coefficient (Wildman–Crippen LogP) is 5.19. The summed E-state index contributed by atoms with van der Waals surface area (Å²) < 4.78 is 11.3. The van der Waals surface area contributed by atoms with Crippen molar-refractivity contribution in [2.24, 2.45) is 0 Å². The highest BCUT2D eigenvalue weighted by molar-refractivity contribution is 5.50. The monoisotopic (exact) mass is 361 g/mol. The summed E-state index contributed by atoms with van der Waals surface area (Å²) in [5.74, 6) is 1.79. The van der Waals surface area contributed by atoms with Crippen LogP contribution in [0.3, 0.4) is 0 Å². The third-order valence-corrected chi connectivity index (χ3v) is 4.60. The molecule has 27 heavy (non-hydrogen) atoms. The van der Waals surface area contributed by atoms with E-state index in [1.165, 1.54) is 11.1 Å². The minimum absolute atomic E-state index is 0.642. The van der Waals surface area contributed by atoms with Crippen LogP contribution in [0.15, 0.2) is 78.9 Å². The van der Waals surface area contributed by atoms with Gasteiger partial charge in [-0.15, -0.1) is 0 Å². The topological polar surface area (TPSA) is 21.7 Å². The Balaban J connectivity index is 1.51. The fourth-order valence-electron chi connectivity index (χ4n) is 3.09. The molecule has 0 aliphatic rings. The lowest BCUT2D eigenvalue weighted by Crippen LogP contribution is -2.28. The smallest absolute Gasteiger partial charge is 0.120 e. The number of methoxy groups -OCH3 is 1. The van der Waals surface area contributed by atoms with Crippen LogP contribution in [0.25, 0.3) is 0 Å². The first-order valence-electron chi connectivity index (χ1n) is 9.43. The average molecular weight is 361 g/mol. The van der Waals surface area contributed by atoms with Gasteiger partial charge in [-0.3, -0.25) is 0 Å². The molecule has 0 amide bonds. The fourth-order valence-corrected chi connectivity index (χ4v) is 3.09. The molecule has 0 heterocycles. The Morgan fingerprint density at radius 2 is 1.52 bits per heavy atom. The van der Waals surface area contributed by atoms with E-state index in [4.69, 9.17) is 9.47 Å². The van der Waals surface area contributed by atoms with Crippen LogP contribution in [0.1, 0.15) is 18.1 Å². The third kappa shape index (κ3) is 5.52. The second-order valence-corrected chi connectivity index (χ2v) is 6.44. The van der Waals surface area contributed by atoms with Crippen molar-refractivity contribution in [2.75, 3.05) is 31.7 Å². The molecule has 0 fully saturated rings. The highest BCUT2D eigenvalue weighted by Crippen LogP contribution is 2.21. The first kappa shape index (κ1) is 18.8. The maximum Gasteiger partial charge on any atom is 0.120 e. The second-order valence-electron chi connectivity index (χ2n) is 6.44. The molecule has 0 saturated carbocycles. The average Bonchev–Trinajstić information content (AvgIpc) is 2.73. The zero-order valence-corrected chi connectivity index (χ0v) is 16.1. The molecule has 0 radical (unpaired) electrons. The molecular weight excluding hydrogens is 334 g/mol. The van der Waals surface area contributed by atoms with Crippen molar-refractivity contribution in [3.8, 4) is 11.5 Å². The number of likely N-dealkylation sites (N-methyl/N-ethyl adjacent to an activating group) is 1. The van der Waals surface area contributed by atoms with Gasteiger partial charge in [0.25, 0.3) is 0 Å². The molecule has 3 aromatic rings. The van der Waals surface area contributed by atoms with Gasteiger partial charge in [-0.05, 0) is 48.7 Å². The molecule has 0 aliphatic carbocycles. The van der Waals surface area contributed by atoms with Gasteiger partial charge in [0, 0.05) is 18.3 Å². The second kappa shape index (κ2) is 9.67. The van der Waals surface area contributed by atoms with Crippen molar-refractivity contribution in [1.82, 2.24) is 0 Å². The van der Waals surface area contributed by atoms with E-state index < -0.39 is 0 Å². The number of benzene rings is 3. The molecule has 3 nitrogen and oxygen atoms in total. The Morgan fingerprint density at radius 1 is 0.778 bits per heavy atom. The van der Waals surface area contributed by atoms with E-state index in [0.717, 1.165) is 36.7 Å². The van der Waals surface area contributed by atoms with Crippen molar-refractivity contribution in [3.63, 3.8) is 0 Å². The minimum atomic E-state index is 0.642. The number of hydrogen-bond acceptors (Lipinski definition) is 3. The van der Waals surface area contributed by atoms with E-state index >= 15 is 0 Å². The molecule has 3 rings (SSSR count). The molecule has 0 aliphatic heterocycles. The summed E-state index contributed by atoms with van der Waals surface area (Å²) >= 11 is 0. The Bertz CT molecular complexity index is 815. The maximum atomic E-state index is 5.95. The lowest BCUT2D eigenvalue weighted by atomic mass is 10.1. The molecule has 0 N–H and O–H groups in total. The minimum Gasteiger partial charge on any atom is -0.497 e. The molecule has 3 aromatic carbocycles. The highest BCUT2D eigenvalue weighted by Gasteiger charge is 2.06. The van der Waals surface area contributed by atoms with E-state index in [1.54, 1.807) is 7.11 Å². The van der Waals surface area contributed by atoms with E-state index in [0.29, 0.717) is 6.61 Å². The Kier molecular flexibility index (Phi) is 6.75. The number of rotatable bonds is 9. The van der Waals surface area contributed by atoms with Crippen LogP contribution < -0.4 is 14.4 Å². The van der Waals surface area contributed by atoms with Crippen molar-refractivity contribution < 1.29 is 9.47 Å². The fraction of sp³-hybridized carbons (Fsp3) is 0.250. The highest BCUT2D eigenvalue weighted by atomic mass is 16.5. The molecule has 0 atom stereocenters. The van der Waals surface area contributed by atoms with Gasteiger partial charge in [0.15, 0.2) is 0 Å². The van der Waals surface area contributed by atoms with Gasteiger partial charge in [-0.2, -0.15) is 0 Å². The van der Waals surface area contributed by atoms with Gasteiger partial charge in [-0.25, -0.2) is 0 Å². The standard InChI is InChI=1S/C24H27NO2/c1-3-25(22-10-7-11-24(19-22)26-2)16-17-27-23-14-12-21(13-15-23)18-20-8-5-4-6-9-20/h4-15,19H,3,16-18H2,1-2H3. The van der Waals surface area contributed by atoms with E-state index in [1.807, 2.05) is 18.2 Å². The normalized spacial score (nSPS) is 10.4. The van der Waals surface area contributed by atoms with Crippen LogP contribution in [0.5, 0.6) is 11.5 Å². The molecule has 0 bridgehead atoms. The van der Waals surface area contributed by atoms with Crippen LogP contribution in [0, 0.1) is 0 Å². The summed E-state index contributed by atoms with van der Waals surface area (Å²) in [6.07, 6.45) is 0.945. The van der Waals surface area contributed by atoms with E-state index in [2.05, 4.69) is 72.5 Å². The molecule has 0 saturated heterocycles. The van der Waals surface area contributed by atoms with Gasteiger partial charge in [-0.1, -0.05) is 48.5 Å². The molecule has 140 valence electrons. The van der Waals surface area contributed by atoms with Crippen LogP contribution in [-0.2, 0) is 6.42 Å². The summed E-state index contributed by atoms with van der Waals surface area (Å²) in [5.41, 5.74) is 3.77. The van der Waals surface area contributed by atoms with Gasteiger partial charge in [0.1, 0.15) is 18.1 Å². The number of ether oxygens (including phenoxy) is 2. The maximum absolute atomic E-state index is 5.95. The first-order chi connectivity index (χ1) is 13.3. The zero-order valence-electron chi connectivity index (χ0n) is 16.1. The quantitative estimate of drug-likeness (QED) is 0.523.